The van der Waals surface area contributed by atoms with Crippen molar-refractivity contribution in [3.05, 3.63) is 63.6 Å². The van der Waals surface area contributed by atoms with E-state index >= 15 is 0 Å². The summed E-state index contributed by atoms with van der Waals surface area (Å²) in [7, 11) is 0. The van der Waals surface area contributed by atoms with E-state index in [1.165, 1.54) is 18.2 Å². The van der Waals surface area contributed by atoms with Gasteiger partial charge in [-0.2, -0.15) is 4.39 Å². The third-order valence-corrected chi connectivity index (χ3v) is 3.03. The van der Waals surface area contributed by atoms with E-state index in [0.717, 1.165) is 12.3 Å². The number of hydrogen-bond acceptors (Lipinski definition) is 2. The minimum Gasteiger partial charge on any atom is -0.348 e. The van der Waals surface area contributed by atoms with E-state index in [4.69, 9.17) is 0 Å². The number of nitrogens with one attached hydrogen (secondary N) is 1. The van der Waals surface area contributed by atoms with Crippen molar-refractivity contribution in [1.82, 2.24) is 10.3 Å². The van der Waals surface area contributed by atoms with E-state index in [-0.39, 0.29) is 12.1 Å². The van der Waals surface area contributed by atoms with Crippen LogP contribution in [0.3, 0.4) is 0 Å². The number of halogens is 4. The Bertz CT molecular complexity index is 664. The number of benzene rings is 1. The van der Waals surface area contributed by atoms with Gasteiger partial charge in [-0.05, 0) is 24.3 Å². The molecule has 0 aliphatic heterocycles. The molecule has 1 amide bonds. The highest BCUT2D eigenvalue weighted by Crippen LogP contribution is 2.16. The number of nitrogens with zero attached hydrogens (tertiary/aromatic N) is 1. The van der Waals surface area contributed by atoms with Crippen molar-refractivity contribution in [2.24, 2.45) is 0 Å². The quantitative estimate of drug-likeness (QED) is 0.869. The van der Waals surface area contributed by atoms with Crippen molar-refractivity contribution < 1.29 is 18.0 Å². The Morgan fingerprint density at radius 1 is 1.25 bits per heavy atom. The van der Waals surface area contributed by atoms with Crippen LogP contribution in [0.25, 0.3) is 0 Å². The molecule has 0 aliphatic carbocycles. The largest absolute Gasteiger partial charge is 0.348 e. The summed E-state index contributed by atoms with van der Waals surface area (Å²) in [5.41, 5.74) is -0.254. The molecule has 3 nitrogen and oxygen atoms in total. The fourth-order valence-corrected chi connectivity index (χ4v) is 1.95. The lowest BCUT2D eigenvalue weighted by atomic mass is 10.2. The molecule has 1 heterocycles. The fraction of sp³-hybridized carbons (Fsp3) is 0.0769. The smallest absolute Gasteiger partial charge is 0.254 e. The van der Waals surface area contributed by atoms with Gasteiger partial charge in [0.25, 0.3) is 5.91 Å². The number of amides is 1. The average molecular weight is 345 g/mol. The summed E-state index contributed by atoms with van der Waals surface area (Å²) in [6.45, 7) is -0.145. The summed E-state index contributed by atoms with van der Waals surface area (Å²) in [6, 6.07) is 5.28. The van der Waals surface area contributed by atoms with Crippen molar-refractivity contribution in [2.45, 2.75) is 6.54 Å². The molecule has 20 heavy (non-hydrogen) atoms. The van der Waals surface area contributed by atoms with Crippen molar-refractivity contribution in [2.75, 3.05) is 0 Å². The minimum atomic E-state index is -1.36. The molecule has 0 aliphatic rings. The first kappa shape index (κ1) is 14.5. The van der Waals surface area contributed by atoms with E-state index in [1.807, 2.05) is 0 Å². The maximum atomic E-state index is 13.4. The Morgan fingerprint density at radius 3 is 2.75 bits per heavy atom. The van der Waals surface area contributed by atoms with Crippen molar-refractivity contribution in [3.8, 4) is 0 Å². The molecule has 2 rings (SSSR count). The van der Waals surface area contributed by atoms with E-state index in [1.54, 1.807) is 0 Å². The van der Waals surface area contributed by atoms with Crippen LogP contribution in [0.5, 0.6) is 0 Å². The first-order valence-corrected chi connectivity index (χ1v) is 6.30. The highest BCUT2D eigenvalue weighted by atomic mass is 79.9. The van der Waals surface area contributed by atoms with Crippen LogP contribution in [-0.2, 0) is 6.54 Å². The zero-order valence-electron chi connectivity index (χ0n) is 9.96. The van der Waals surface area contributed by atoms with Crippen LogP contribution in [0.1, 0.15) is 15.9 Å². The molecule has 0 unspecified atom stereocenters. The molecule has 0 bridgehead atoms. The first-order valence-electron chi connectivity index (χ1n) is 5.51. The van der Waals surface area contributed by atoms with Crippen LogP contribution in [-0.4, -0.2) is 10.9 Å². The lowest BCUT2D eigenvalue weighted by Crippen LogP contribution is -2.24. The summed E-state index contributed by atoms with van der Waals surface area (Å²) in [4.78, 5) is 14.8. The molecule has 1 N–H and O–H groups in total. The monoisotopic (exact) mass is 344 g/mol. The predicted molar refractivity (Wildman–Crippen MR) is 69.4 cm³/mol. The van der Waals surface area contributed by atoms with Gasteiger partial charge in [-0.15, -0.1) is 0 Å². The first-order chi connectivity index (χ1) is 9.49. The van der Waals surface area contributed by atoms with Crippen molar-refractivity contribution in [1.29, 1.82) is 0 Å². The number of carbonyl (C=O) groups excluding carboxylic acids is 1. The second kappa shape index (κ2) is 6.04. The minimum absolute atomic E-state index is 0.145. The lowest BCUT2D eigenvalue weighted by Gasteiger charge is -2.07. The van der Waals surface area contributed by atoms with E-state index in [2.05, 4.69) is 26.2 Å². The van der Waals surface area contributed by atoms with Gasteiger partial charge in [0.05, 0.1) is 5.56 Å². The zero-order chi connectivity index (χ0) is 14.7. The molecule has 0 atom stereocenters. The van der Waals surface area contributed by atoms with Gasteiger partial charge in [0.1, 0.15) is 5.82 Å². The van der Waals surface area contributed by atoms with E-state index < -0.39 is 29.1 Å². The summed E-state index contributed by atoms with van der Waals surface area (Å²) >= 11 is 3.17. The molecule has 7 heteroatoms. The van der Waals surface area contributed by atoms with Crippen LogP contribution in [0.2, 0.25) is 0 Å². The highest BCUT2D eigenvalue weighted by Gasteiger charge is 2.16. The van der Waals surface area contributed by atoms with Gasteiger partial charge in [-0.3, -0.25) is 4.79 Å². The number of aromatic nitrogens is 1. The molecule has 0 radical (unpaired) electrons. The van der Waals surface area contributed by atoms with Gasteiger partial charge in [0.15, 0.2) is 5.82 Å². The van der Waals surface area contributed by atoms with Crippen molar-refractivity contribution in [3.63, 3.8) is 0 Å². The van der Waals surface area contributed by atoms with Crippen LogP contribution in [0.15, 0.2) is 34.9 Å². The Kier molecular flexibility index (Phi) is 4.39. The number of rotatable bonds is 3. The summed E-state index contributed by atoms with van der Waals surface area (Å²) in [5.74, 6) is -4.04. The molecular formula is C13H8BrF3N2O. The Balaban J connectivity index is 2.13. The molecule has 0 spiro atoms. The van der Waals surface area contributed by atoms with Gasteiger partial charge in [0, 0.05) is 22.8 Å². The third kappa shape index (κ3) is 3.16. The number of hydrogen-bond donors (Lipinski definition) is 1. The van der Waals surface area contributed by atoms with E-state index in [9.17, 15) is 18.0 Å². The second-order valence-electron chi connectivity index (χ2n) is 3.88. The summed E-state index contributed by atoms with van der Waals surface area (Å²) in [5, 5.41) is 2.32. The molecule has 0 saturated heterocycles. The molecule has 1 aromatic heterocycles. The topological polar surface area (TPSA) is 42.0 Å². The normalized spacial score (nSPS) is 10.4. The lowest BCUT2D eigenvalue weighted by molar-refractivity contribution is 0.0945. The molecule has 1 aromatic carbocycles. The zero-order valence-corrected chi connectivity index (χ0v) is 11.5. The Morgan fingerprint density at radius 2 is 2.00 bits per heavy atom. The van der Waals surface area contributed by atoms with E-state index in [0.29, 0.717) is 4.47 Å². The molecule has 104 valence electrons. The summed E-state index contributed by atoms with van der Waals surface area (Å²) < 4.78 is 40.3. The van der Waals surface area contributed by atoms with Crippen LogP contribution >= 0.6 is 15.9 Å². The standard InChI is InChI=1S/C13H8BrF3N2O/c14-8-1-2-10(15)7(5-8)6-19-13(20)9-3-4-18-12(17)11(9)16/h1-5H,6H2,(H,19,20). The predicted octanol–water partition coefficient (Wildman–Crippen LogP) is 3.19. The van der Waals surface area contributed by atoms with Crippen LogP contribution in [0, 0.1) is 17.6 Å². The Labute approximate surface area is 121 Å². The van der Waals surface area contributed by atoms with Gasteiger partial charge in [-0.25, -0.2) is 13.8 Å². The van der Waals surface area contributed by atoms with Crippen LogP contribution in [0.4, 0.5) is 13.2 Å². The average Bonchev–Trinajstić information content (AvgIpc) is 2.42. The van der Waals surface area contributed by atoms with Gasteiger partial charge >= 0.3 is 0 Å². The SMILES string of the molecule is O=C(NCc1cc(Br)ccc1F)c1ccnc(F)c1F. The van der Waals surface area contributed by atoms with Gasteiger partial charge in [-0.1, -0.05) is 15.9 Å². The molecular weight excluding hydrogens is 337 g/mol. The molecule has 0 fully saturated rings. The maximum absolute atomic E-state index is 13.4. The maximum Gasteiger partial charge on any atom is 0.254 e. The van der Waals surface area contributed by atoms with Gasteiger partial charge in [0.2, 0.25) is 5.95 Å². The molecule has 0 saturated carbocycles. The number of carbonyl (C=O) groups is 1. The molecule has 2 aromatic rings. The third-order valence-electron chi connectivity index (χ3n) is 2.54. The van der Waals surface area contributed by atoms with Crippen LogP contribution < -0.4 is 5.32 Å². The van der Waals surface area contributed by atoms with Gasteiger partial charge < -0.3 is 5.32 Å². The van der Waals surface area contributed by atoms with Crippen molar-refractivity contribution >= 4 is 21.8 Å². The highest BCUT2D eigenvalue weighted by molar-refractivity contribution is 9.10. The Hall–Kier alpha value is -1.89. The summed E-state index contributed by atoms with van der Waals surface area (Å²) in [6.07, 6.45) is 0.979. The number of pyridine rings is 1. The second-order valence-corrected chi connectivity index (χ2v) is 4.80. The fourth-order valence-electron chi connectivity index (χ4n) is 1.54.